The highest BCUT2D eigenvalue weighted by Crippen LogP contribution is 2.17. The van der Waals surface area contributed by atoms with Crippen LogP contribution in [0.25, 0.3) is 0 Å². The van der Waals surface area contributed by atoms with E-state index in [9.17, 15) is 9.59 Å². The van der Waals surface area contributed by atoms with Gasteiger partial charge in [0.05, 0.1) is 0 Å². The maximum Gasteiger partial charge on any atom is 0.260 e. The molecular weight excluding hydrogens is 242 g/mol. The molecule has 2 N–H and O–H groups in total. The molecule has 1 aliphatic rings. The van der Waals surface area contributed by atoms with Crippen molar-refractivity contribution in [2.45, 2.75) is 19.8 Å². The topological polar surface area (TPSA) is 65.2 Å². The smallest absolute Gasteiger partial charge is 0.260 e. The number of aromatic nitrogens is 1. The molecule has 0 unspecified atom stereocenters. The summed E-state index contributed by atoms with van der Waals surface area (Å²) in [6, 6.07) is 3.39. The molecule has 5 nitrogen and oxygen atoms in total. The second-order valence-corrected chi connectivity index (χ2v) is 5.18. The average Bonchev–Trinajstić information content (AvgIpc) is 2.39. The van der Waals surface area contributed by atoms with E-state index in [1.165, 1.54) is 0 Å². The van der Waals surface area contributed by atoms with Crippen LogP contribution < -0.4 is 10.9 Å². The molecule has 1 fully saturated rings. The van der Waals surface area contributed by atoms with Gasteiger partial charge in [0, 0.05) is 18.8 Å². The Labute approximate surface area is 113 Å². The first-order valence-corrected chi connectivity index (χ1v) is 6.75. The van der Waals surface area contributed by atoms with E-state index in [-0.39, 0.29) is 17.0 Å². The van der Waals surface area contributed by atoms with Crippen molar-refractivity contribution in [3.8, 4) is 0 Å². The summed E-state index contributed by atoms with van der Waals surface area (Å²) >= 11 is 0. The third-order valence-electron chi connectivity index (χ3n) is 3.68. The van der Waals surface area contributed by atoms with E-state index in [0.717, 1.165) is 38.2 Å². The first kappa shape index (κ1) is 13.8. The van der Waals surface area contributed by atoms with Crippen molar-refractivity contribution in [2.24, 2.45) is 5.92 Å². The van der Waals surface area contributed by atoms with Crippen LogP contribution in [0.3, 0.4) is 0 Å². The van der Waals surface area contributed by atoms with Crippen LogP contribution in [0.4, 0.5) is 0 Å². The number of aromatic amines is 1. The maximum absolute atomic E-state index is 12.3. The Morgan fingerprint density at radius 1 is 1.42 bits per heavy atom. The van der Waals surface area contributed by atoms with Crippen LogP contribution in [0.5, 0.6) is 0 Å². The largest absolute Gasteiger partial charge is 0.338 e. The number of piperidine rings is 1. The third-order valence-corrected chi connectivity index (χ3v) is 3.68. The summed E-state index contributed by atoms with van der Waals surface area (Å²) in [5.41, 5.74) is 0.731. The molecule has 19 heavy (non-hydrogen) atoms. The summed E-state index contributed by atoms with van der Waals surface area (Å²) in [4.78, 5) is 28.5. The number of hydrogen-bond donors (Lipinski definition) is 2. The van der Waals surface area contributed by atoms with Gasteiger partial charge in [-0.3, -0.25) is 9.59 Å². The molecule has 1 saturated heterocycles. The molecule has 104 valence electrons. The molecule has 0 spiro atoms. The molecule has 0 aromatic carbocycles. The Bertz CT molecular complexity index is 502. The number of hydrogen-bond acceptors (Lipinski definition) is 3. The quantitative estimate of drug-likeness (QED) is 0.846. The lowest BCUT2D eigenvalue weighted by Gasteiger charge is -2.31. The van der Waals surface area contributed by atoms with Crippen LogP contribution in [0, 0.1) is 12.8 Å². The van der Waals surface area contributed by atoms with E-state index < -0.39 is 0 Å². The highest BCUT2D eigenvalue weighted by atomic mass is 16.2. The van der Waals surface area contributed by atoms with Gasteiger partial charge >= 0.3 is 0 Å². The number of nitrogens with one attached hydrogen (secondary N) is 2. The van der Waals surface area contributed by atoms with Gasteiger partial charge in [-0.25, -0.2) is 0 Å². The number of rotatable bonds is 3. The van der Waals surface area contributed by atoms with Crippen molar-refractivity contribution >= 4 is 5.91 Å². The minimum atomic E-state index is -0.289. The number of amides is 1. The van der Waals surface area contributed by atoms with Crippen LogP contribution in [-0.4, -0.2) is 42.5 Å². The van der Waals surface area contributed by atoms with Gasteiger partial charge in [0.2, 0.25) is 0 Å². The predicted octanol–water partition coefficient (Wildman–Crippen LogP) is 0.755. The lowest BCUT2D eigenvalue weighted by molar-refractivity contribution is 0.0689. The van der Waals surface area contributed by atoms with Crippen molar-refractivity contribution in [3.05, 3.63) is 33.7 Å². The first-order valence-electron chi connectivity index (χ1n) is 6.75. The van der Waals surface area contributed by atoms with Crippen LogP contribution in [0.1, 0.15) is 28.9 Å². The molecule has 0 atom stereocenters. The molecule has 0 bridgehead atoms. The van der Waals surface area contributed by atoms with Crippen molar-refractivity contribution in [2.75, 3.05) is 26.7 Å². The van der Waals surface area contributed by atoms with E-state index >= 15 is 0 Å². The Hall–Kier alpha value is -1.62. The number of pyridine rings is 1. The number of likely N-dealkylation sites (tertiary alicyclic amines) is 1. The van der Waals surface area contributed by atoms with E-state index in [0.29, 0.717) is 5.92 Å². The number of H-pyrrole nitrogens is 1. The molecule has 1 aromatic heterocycles. The van der Waals surface area contributed by atoms with Crippen molar-refractivity contribution < 1.29 is 4.79 Å². The van der Waals surface area contributed by atoms with Crippen LogP contribution in [0.2, 0.25) is 0 Å². The predicted molar refractivity (Wildman–Crippen MR) is 74.4 cm³/mol. The van der Waals surface area contributed by atoms with E-state index in [2.05, 4.69) is 10.3 Å². The summed E-state index contributed by atoms with van der Waals surface area (Å²) in [5, 5.41) is 3.17. The molecule has 0 aliphatic carbocycles. The summed E-state index contributed by atoms with van der Waals surface area (Å²) < 4.78 is 0. The fraction of sp³-hybridized carbons (Fsp3) is 0.571. The van der Waals surface area contributed by atoms with Gasteiger partial charge < -0.3 is 15.2 Å². The van der Waals surface area contributed by atoms with E-state index in [4.69, 9.17) is 0 Å². The Kier molecular flexibility index (Phi) is 4.37. The third kappa shape index (κ3) is 3.23. The summed E-state index contributed by atoms with van der Waals surface area (Å²) in [7, 11) is 1.95. The normalized spacial score (nSPS) is 16.6. The minimum absolute atomic E-state index is 0.149. The second kappa shape index (κ2) is 6.02. The van der Waals surface area contributed by atoms with Gasteiger partial charge in [0.25, 0.3) is 11.5 Å². The highest BCUT2D eigenvalue weighted by molar-refractivity contribution is 5.93. The lowest BCUT2D eigenvalue weighted by atomic mass is 9.96. The molecular formula is C14H21N3O2. The fourth-order valence-corrected chi connectivity index (χ4v) is 2.54. The average molecular weight is 263 g/mol. The Balaban J connectivity index is 2.03. The monoisotopic (exact) mass is 263 g/mol. The molecule has 2 rings (SSSR count). The van der Waals surface area contributed by atoms with Gasteiger partial charge in [0.15, 0.2) is 0 Å². The zero-order valence-electron chi connectivity index (χ0n) is 11.5. The van der Waals surface area contributed by atoms with Crippen molar-refractivity contribution in [3.63, 3.8) is 0 Å². The Morgan fingerprint density at radius 3 is 2.68 bits per heavy atom. The summed E-state index contributed by atoms with van der Waals surface area (Å²) in [6.07, 6.45) is 1.99. The van der Waals surface area contributed by atoms with Crippen LogP contribution in [0.15, 0.2) is 16.9 Å². The van der Waals surface area contributed by atoms with E-state index in [1.807, 2.05) is 7.05 Å². The van der Waals surface area contributed by atoms with Gasteiger partial charge in [-0.05, 0) is 51.4 Å². The van der Waals surface area contributed by atoms with Crippen LogP contribution in [-0.2, 0) is 0 Å². The SMILES string of the molecule is CNCC1CCN(C(=O)c2ccc(C)[nH]c2=O)CC1. The number of nitrogens with zero attached hydrogens (tertiary/aromatic N) is 1. The summed E-state index contributed by atoms with van der Waals surface area (Å²) in [5.74, 6) is 0.481. The van der Waals surface area contributed by atoms with Gasteiger partial charge in [-0.15, -0.1) is 0 Å². The zero-order chi connectivity index (χ0) is 13.8. The second-order valence-electron chi connectivity index (χ2n) is 5.18. The van der Waals surface area contributed by atoms with E-state index in [1.54, 1.807) is 24.0 Å². The van der Waals surface area contributed by atoms with Gasteiger partial charge in [0.1, 0.15) is 5.56 Å². The molecule has 0 radical (unpaired) electrons. The fourth-order valence-electron chi connectivity index (χ4n) is 2.54. The minimum Gasteiger partial charge on any atom is -0.338 e. The molecule has 5 heteroatoms. The van der Waals surface area contributed by atoms with Gasteiger partial charge in [-0.2, -0.15) is 0 Å². The first-order chi connectivity index (χ1) is 9.11. The molecule has 1 aromatic rings. The highest BCUT2D eigenvalue weighted by Gasteiger charge is 2.24. The lowest BCUT2D eigenvalue weighted by Crippen LogP contribution is -2.42. The number of carbonyl (C=O) groups is 1. The summed E-state index contributed by atoms with van der Waals surface area (Å²) in [6.45, 7) is 4.27. The molecule has 1 amide bonds. The Morgan fingerprint density at radius 2 is 2.11 bits per heavy atom. The van der Waals surface area contributed by atoms with Crippen molar-refractivity contribution in [1.29, 1.82) is 0 Å². The molecule has 2 heterocycles. The number of carbonyl (C=O) groups excluding carboxylic acids is 1. The zero-order valence-corrected chi connectivity index (χ0v) is 11.5. The maximum atomic E-state index is 12.3. The molecule has 1 aliphatic heterocycles. The van der Waals surface area contributed by atoms with Gasteiger partial charge in [-0.1, -0.05) is 0 Å². The molecule has 0 saturated carbocycles. The standard InChI is InChI=1S/C14H21N3O2/c1-10-3-4-12(13(18)16-10)14(19)17-7-5-11(6-8-17)9-15-2/h3-4,11,15H,5-9H2,1-2H3,(H,16,18). The number of aryl methyl sites for hydroxylation is 1. The van der Waals surface area contributed by atoms with Crippen molar-refractivity contribution in [1.82, 2.24) is 15.2 Å². The van der Waals surface area contributed by atoms with Crippen LogP contribution >= 0.6 is 0 Å².